The van der Waals surface area contributed by atoms with Crippen LogP contribution >= 0.6 is 11.3 Å². The van der Waals surface area contributed by atoms with Gasteiger partial charge in [0, 0.05) is 41.0 Å². The number of nitrogens with one attached hydrogen (secondary N) is 1. The van der Waals surface area contributed by atoms with Crippen LogP contribution in [-0.2, 0) is 11.3 Å². The molecule has 5 aromatic rings. The number of fused-ring (bicyclic) bond motifs is 1. The van der Waals surface area contributed by atoms with Crippen LogP contribution in [0.15, 0.2) is 75.8 Å². The number of carbonyl (C=O) groups excluding carboxylic acids is 1. The number of para-hydroxylation sites is 1. The summed E-state index contributed by atoms with van der Waals surface area (Å²) < 4.78 is 6.85. The van der Waals surface area contributed by atoms with Crippen molar-refractivity contribution < 1.29 is 9.32 Å². The topological polar surface area (TPSA) is 116 Å². The molecule has 10 heteroatoms. The van der Waals surface area contributed by atoms with Crippen LogP contribution < -0.4 is 10.9 Å². The number of benzene rings is 1. The summed E-state index contributed by atoms with van der Waals surface area (Å²) in [5.41, 5.74) is 1.49. The summed E-state index contributed by atoms with van der Waals surface area (Å²) in [6.07, 6.45) is 4.87. The summed E-state index contributed by atoms with van der Waals surface area (Å²) in [6.45, 7) is -0.148. The van der Waals surface area contributed by atoms with Crippen LogP contribution in [0.5, 0.6) is 0 Å². The normalized spacial score (nSPS) is 11.0. The summed E-state index contributed by atoms with van der Waals surface area (Å²) in [6, 6.07) is 12.2. The molecule has 1 aromatic carbocycles. The maximum absolute atomic E-state index is 12.9. The minimum absolute atomic E-state index is 0.148. The first-order valence-electron chi connectivity index (χ1n) is 9.25. The van der Waals surface area contributed by atoms with Gasteiger partial charge in [-0.25, -0.2) is 4.98 Å². The van der Waals surface area contributed by atoms with Crippen molar-refractivity contribution >= 4 is 33.3 Å². The second kappa shape index (κ2) is 7.92. The summed E-state index contributed by atoms with van der Waals surface area (Å²) in [5, 5.41) is 9.67. The lowest BCUT2D eigenvalue weighted by atomic mass is 10.1. The Labute approximate surface area is 179 Å². The number of carbonyl (C=O) groups is 1. The smallest absolute Gasteiger partial charge is 0.259 e. The zero-order valence-electron chi connectivity index (χ0n) is 15.9. The van der Waals surface area contributed by atoms with Gasteiger partial charge in [-0.3, -0.25) is 19.1 Å². The van der Waals surface area contributed by atoms with E-state index in [0.29, 0.717) is 27.4 Å². The number of aromatic nitrogens is 5. The van der Waals surface area contributed by atoms with Crippen molar-refractivity contribution in [3.05, 3.63) is 76.8 Å². The number of hydrogen-bond donors (Lipinski definition) is 1. The molecule has 0 saturated carbocycles. The zero-order valence-corrected chi connectivity index (χ0v) is 16.7. The number of anilines is 1. The van der Waals surface area contributed by atoms with E-state index in [1.165, 1.54) is 22.0 Å². The van der Waals surface area contributed by atoms with E-state index in [9.17, 15) is 9.59 Å². The van der Waals surface area contributed by atoms with Gasteiger partial charge in [0.2, 0.25) is 11.7 Å². The highest BCUT2D eigenvalue weighted by Crippen LogP contribution is 2.27. The lowest BCUT2D eigenvalue weighted by Gasteiger charge is -2.11. The minimum atomic E-state index is -0.355. The van der Waals surface area contributed by atoms with E-state index in [-0.39, 0.29) is 23.9 Å². The minimum Gasteiger partial charge on any atom is -0.334 e. The standard InChI is InChI=1S/C21H14N6O3S/c28-17(24-21-23-9-10-31-21)12-27-16-4-2-1-3-14(16)15(11-18(27)29)20-25-19(26-30-20)13-5-7-22-8-6-13/h1-11H,12H2,(H,23,24,28). The molecule has 152 valence electrons. The average molecular weight is 430 g/mol. The van der Waals surface area contributed by atoms with E-state index in [0.717, 1.165) is 5.56 Å². The van der Waals surface area contributed by atoms with Crippen molar-refractivity contribution in [1.82, 2.24) is 24.7 Å². The van der Waals surface area contributed by atoms with Crippen molar-refractivity contribution in [1.29, 1.82) is 0 Å². The molecule has 5 rings (SSSR count). The second-order valence-corrected chi connectivity index (χ2v) is 7.44. The molecular weight excluding hydrogens is 416 g/mol. The van der Waals surface area contributed by atoms with Gasteiger partial charge in [-0.1, -0.05) is 23.4 Å². The fourth-order valence-corrected chi connectivity index (χ4v) is 3.76. The first-order chi connectivity index (χ1) is 15.2. The first kappa shape index (κ1) is 18.8. The van der Waals surface area contributed by atoms with Crippen LogP contribution in [0.3, 0.4) is 0 Å². The van der Waals surface area contributed by atoms with Crippen LogP contribution in [-0.4, -0.2) is 30.6 Å². The van der Waals surface area contributed by atoms with Gasteiger partial charge < -0.3 is 9.84 Å². The predicted molar refractivity (Wildman–Crippen MR) is 115 cm³/mol. The molecule has 0 bridgehead atoms. The maximum Gasteiger partial charge on any atom is 0.259 e. The van der Waals surface area contributed by atoms with Crippen molar-refractivity contribution in [2.75, 3.05) is 5.32 Å². The Hall–Kier alpha value is -4.18. The van der Waals surface area contributed by atoms with E-state index in [1.807, 2.05) is 12.1 Å². The van der Waals surface area contributed by atoms with E-state index in [1.54, 1.807) is 48.2 Å². The van der Waals surface area contributed by atoms with Crippen LogP contribution in [0.25, 0.3) is 33.7 Å². The molecule has 1 amide bonds. The Bertz CT molecular complexity index is 1430. The summed E-state index contributed by atoms with van der Waals surface area (Å²) >= 11 is 1.31. The third-order valence-electron chi connectivity index (χ3n) is 4.59. The Balaban J connectivity index is 1.54. The summed E-state index contributed by atoms with van der Waals surface area (Å²) in [5.74, 6) is 0.278. The summed E-state index contributed by atoms with van der Waals surface area (Å²) in [7, 11) is 0. The van der Waals surface area contributed by atoms with E-state index < -0.39 is 0 Å². The van der Waals surface area contributed by atoms with E-state index in [2.05, 4.69) is 25.4 Å². The molecule has 4 aromatic heterocycles. The molecular formula is C21H14N6O3S. The van der Waals surface area contributed by atoms with Crippen LogP contribution in [0.4, 0.5) is 5.13 Å². The van der Waals surface area contributed by atoms with Gasteiger partial charge in [0.25, 0.3) is 11.4 Å². The van der Waals surface area contributed by atoms with Gasteiger partial charge in [0.05, 0.1) is 11.1 Å². The van der Waals surface area contributed by atoms with Gasteiger partial charge in [0.1, 0.15) is 6.54 Å². The molecule has 9 nitrogen and oxygen atoms in total. The predicted octanol–water partition coefficient (Wildman–Crippen LogP) is 3.21. The average Bonchev–Trinajstić information content (AvgIpc) is 3.48. The quantitative estimate of drug-likeness (QED) is 0.455. The molecule has 0 unspecified atom stereocenters. The number of rotatable bonds is 5. The van der Waals surface area contributed by atoms with Crippen molar-refractivity contribution in [2.24, 2.45) is 0 Å². The molecule has 4 heterocycles. The number of pyridine rings is 2. The molecule has 0 aliphatic rings. The van der Waals surface area contributed by atoms with E-state index in [4.69, 9.17) is 4.52 Å². The molecule has 0 radical (unpaired) electrons. The number of thiazole rings is 1. The highest BCUT2D eigenvalue weighted by Gasteiger charge is 2.18. The number of amides is 1. The van der Waals surface area contributed by atoms with Crippen molar-refractivity contribution in [3.8, 4) is 22.8 Å². The molecule has 31 heavy (non-hydrogen) atoms. The lowest BCUT2D eigenvalue weighted by Crippen LogP contribution is -2.27. The fourth-order valence-electron chi connectivity index (χ4n) is 3.21. The zero-order chi connectivity index (χ0) is 21.2. The number of hydrogen-bond acceptors (Lipinski definition) is 8. The Morgan fingerprint density at radius 2 is 1.97 bits per heavy atom. The lowest BCUT2D eigenvalue weighted by molar-refractivity contribution is -0.116. The van der Waals surface area contributed by atoms with Gasteiger partial charge in [0.15, 0.2) is 5.13 Å². The fraction of sp³-hybridized carbons (Fsp3) is 0.0476. The number of nitrogens with zero attached hydrogens (tertiary/aromatic N) is 5. The van der Waals surface area contributed by atoms with Crippen molar-refractivity contribution in [3.63, 3.8) is 0 Å². The Morgan fingerprint density at radius 3 is 2.77 bits per heavy atom. The van der Waals surface area contributed by atoms with Crippen molar-refractivity contribution in [2.45, 2.75) is 6.54 Å². The third-order valence-corrected chi connectivity index (χ3v) is 5.28. The van der Waals surface area contributed by atoms with Gasteiger partial charge >= 0.3 is 0 Å². The molecule has 1 N–H and O–H groups in total. The van der Waals surface area contributed by atoms with Crippen LogP contribution in [0, 0.1) is 0 Å². The molecule has 0 saturated heterocycles. The van der Waals surface area contributed by atoms with Crippen LogP contribution in [0.1, 0.15) is 0 Å². The Morgan fingerprint density at radius 1 is 1.13 bits per heavy atom. The molecule has 0 fully saturated rings. The second-order valence-electron chi connectivity index (χ2n) is 6.54. The molecule has 0 aliphatic carbocycles. The summed E-state index contributed by atoms with van der Waals surface area (Å²) in [4.78, 5) is 37.8. The highest BCUT2D eigenvalue weighted by molar-refractivity contribution is 7.13. The molecule has 0 aliphatic heterocycles. The van der Waals surface area contributed by atoms with E-state index >= 15 is 0 Å². The molecule has 0 spiro atoms. The third kappa shape index (κ3) is 3.71. The van der Waals surface area contributed by atoms with Crippen LogP contribution in [0.2, 0.25) is 0 Å². The molecule has 0 atom stereocenters. The maximum atomic E-state index is 12.9. The first-order valence-corrected chi connectivity index (χ1v) is 10.1. The largest absolute Gasteiger partial charge is 0.334 e. The monoisotopic (exact) mass is 430 g/mol. The van der Waals surface area contributed by atoms with Gasteiger partial charge in [-0.2, -0.15) is 4.98 Å². The van der Waals surface area contributed by atoms with Gasteiger partial charge in [-0.15, -0.1) is 11.3 Å². The highest BCUT2D eigenvalue weighted by atomic mass is 32.1. The Kier molecular flexibility index (Phi) is 4.81. The van der Waals surface area contributed by atoms with Gasteiger partial charge in [-0.05, 0) is 18.2 Å². The SMILES string of the molecule is O=C(Cn1c(=O)cc(-c2nc(-c3ccncc3)no2)c2ccccc21)Nc1nccs1.